The SMILES string of the molecule is CN1CCOC2CN(c3cc(N4CCCCC4)ncn3)CC21. The molecule has 4 rings (SSSR count). The normalized spacial score (nSPS) is 29.7. The van der Waals surface area contributed by atoms with Gasteiger partial charge in [0.1, 0.15) is 18.0 Å². The Morgan fingerprint density at radius 2 is 1.77 bits per heavy atom. The lowest BCUT2D eigenvalue weighted by atomic mass is 10.1. The van der Waals surface area contributed by atoms with Gasteiger partial charge in [0.2, 0.25) is 0 Å². The Kier molecular flexibility index (Phi) is 3.88. The summed E-state index contributed by atoms with van der Waals surface area (Å²) in [7, 11) is 2.20. The van der Waals surface area contributed by atoms with Gasteiger partial charge >= 0.3 is 0 Å². The van der Waals surface area contributed by atoms with E-state index in [-0.39, 0.29) is 0 Å². The Morgan fingerprint density at radius 1 is 1.00 bits per heavy atom. The number of ether oxygens (including phenoxy) is 1. The fourth-order valence-corrected chi connectivity index (χ4v) is 3.85. The van der Waals surface area contributed by atoms with Gasteiger partial charge in [0, 0.05) is 38.8 Å². The van der Waals surface area contributed by atoms with Crippen LogP contribution in [0.5, 0.6) is 0 Å². The van der Waals surface area contributed by atoms with Gasteiger partial charge in [0.15, 0.2) is 0 Å². The molecule has 0 N–H and O–H groups in total. The van der Waals surface area contributed by atoms with Crippen molar-refractivity contribution in [3.63, 3.8) is 0 Å². The van der Waals surface area contributed by atoms with Crippen LogP contribution in [0.15, 0.2) is 12.4 Å². The van der Waals surface area contributed by atoms with Crippen LogP contribution in [0.25, 0.3) is 0 Å². The summed E-state index contributed by atoms with van der Waals surface area (Å²) in [5.41, 5.74) is 0. The van der Waals surface area contributed by atoms with Crippen molar-refractivity contribution >= 4 is 11.6 Å². The highest BCUT2D eigenvalue weighted by atomic mass is 16.5. The number of nitrogens with zero attached hydrogens (tertiary/aromatic N) is 5. The first-order valence-corrected chi connectivity index (χ1v) is 8.45. The Labute approximate surface area is 132 Å². The zero-order valence-electron chi connectivity index (χ0n) is 13.3. The third-order valence-corrected chi connectivity index (χ3v) is 5.22. The monoisotopic (exact) mass is 303 g/mol. The second kappa shape index (κ2) is 6.01. The maximum Gasteiger partial charge on any atom is 0.134 e. The molecular formula is C16H25N5O. The van der Waals surface area contributed by atoms with Crippen molar-refractivity contribution in [2.45, 2.75) is 31.4 Å². The van der Waals surface area contributed by atoms with E-state index < -0.39 is 0 Å². The molecule has 1 aromatic heterocycles. The largest absolute Gasteiger partial charge is 0.373 e. The molecule has 3 fully saturated rings. The molecule has 2 atom stereocenters. The number of hydrogen-bond donors (Lipinski definition) is 0. The molecule has 120 valence electrons. The Hall–Kier alpha value is -1.40. The molecule has 4 heterocycles. The third-order valence-electron chi connectivity index (χ3n) is 5.22. The summed E-state index contributed by atoms with van der Waals surface area (Å²) in [6.45, 7) is 6.04. The molecule has 0 spiro atoms. The first-order valence-electron chi connectivity index (χ1n) is 8.45. The van der Waals surface area contributed by atoms with Crippen LogP contribution in [0.2, 0.25) is 0 Å². The lowest BCUT2D eigenvalue weighted by Crippen LogP contribution is -2.48. The molecule has 22 heavy (non-hydrogen) atoms. The van der Waals surface area contributed by atoms with Gasteiger partial charge in [-0.05, 0) is 26.3 Å². The van der Waals surface area contributed by atoms with Gasteiger partial charge < -0.3 is 14.5 Å². The van der Waals surface area contributed by atoms with Crippen molar-refractivity contribution in [3.8, 4) is 0 Å². The van der Waals surface area contributed by atoms with Gasteiger partial charge in [-0.15, -0.1) is 0 Å². The van der Waals surface area contributed by atoms with Crippen molar-refractivity contribution < 1.29 is 4.74 Å². The van der Waals surface area contributed by atoms with Crippen molar-refractivity contribution in [2.24, 2.45) is 0 Å². The summed E-state index contributed by atoms with van der Waals surface area (Å²) in [4.78, 5) is 16.2. The second-order valence-corrected chi connectivity index (χ2v) is 6.64. The van der Waals surface area contributed by atoms with Gasteiger partial charge in [0.25, 0.3) is 0 Å². The van der Waals surface area contributed by atoms with Crippen LogP contribution in [0.1, 0.15) is 19.3 Å². The van der Waals surface area contributed by atoms with Crippen molar-refractivity contribution in [1.29, 1.82) is 0 Å². The number of morpholine rings is 1. The van der Waals surface area contributed by atoms with E-state index in [4.69, 9.17) is 4.74 Å². The lowest BCUT2D eigenvalue weighted by Gasteiger charge is -2.33. The van der Waals surface area contributed by atoms with Crippen molar-refractivity contribution in [1.82, 2.24) is 14.9 Å². The third kappa shape index (κ3) is 2.65. The number of piperidine rings is 1. The van der Waals surface area contributed by atoms with Crippen LogP contribution in [0.3, 0.4) is 0 Å². The summed E-state index contributed by atoms with van der Waals surface area (Å²) >= 11 is 0. The molecule has 3 aliphatic rings. The van der Waals surface area contributed by atoms with Crippen LogP contribution in [0.4, 0.5) is 11.6 Å². The molecule has 3 saturated heterocycles. The highest BCUT2D eigenvalue weighted by Crippen LogP contribution is 2.27. The fraction of sp³-hybridized carbons (Fsp3) is 0.750. The molecular weight excluding hydrogens is 278 g/mol. The molecule has 1 aromatic rings. The minimum atomic E-state index is 0.312. The molecule has 0 saturated carbocycles. The molecule has 3 aliphatic heterocycles. The molecule has 0 aliphatic carbocycles. The van der Waals surface area contributed by atoms with Crippen LogP contribution in [0, 0.1) is 0 Å². The van der Waals surface area contributed by atoms with Gasteiger partial charge in [0.05, 0.1) is 18.8 Å². The average molecular weight is 303 g/mol. The number of hydrogen-bond acceptors (Lipinski definition) is 6. The molecule has 0 amide bonds. The smallest absolute Gasteiger partial charge is 0.134 e. The maximum absolute atomic E-state index is 5.93. The molecule has 6 heteroatoms. The van der Waals surface area contributed by atoms with Gasteiger partial charge in [-0.25, -0.2) is 9.97 Å². The standard InChI is InChI=1S/C16H25N5O/c1-19-7-8-22-14-11-21(10-13(14)19)16-9-15(17-12-18-16)20-5-3-2-4-6-20/h9,12-14H,2-8,10-11H2,1H3. The summed E-state index contributed by atoms with van der Waals surface area (Å²) in [6.07, 6.45) is 5.91. The van der Waals surface area contributed by atoms with E-state index in [1.165, 1.54) is 19.3 Å². The van der Waals surface area contributed by atoms with E-state index in [1.807, 2.05) is 0 Å². The Balaban J connectivity index is 1.51. The van der Waals surface area contributed by atoms with E-state index in [9.17, 15) is 0 Å². The van der Waals surface area contributed by atoms with Gasteiger partial charge in [-0.1, -0.05) is 0 Å². The van der Waals surface area contributed by atoms with Crippen LogP contribution < -0.4 is 9.80 Å². The zero-order valence-corrected chi connectivity index (χ0v) is 13.3. The average Bonchev–Trinajstić information content (AvgIpc) is 3.02. The number of fused-ring (bicyclic) bond motifs is 1. The lowest BCUT2D eigenvalue weighted by molar-refractivity contribution is -0.0362. The number of rotatable bonds is 2. The van der Waals surface area contributed by atoms with Gasteiger partial charge in [-0.2, -0.15) is 0 Å². The highest BCUT2D eigenvalue weighted by molar-refractivity contribution is 5.51. The summed E-state index contributed by atoms with van der Waals surface area (Å²) in [6, 6.07) is 2.64. The minimum Gasteiger partial charge on any atom is -0.373 e. The molecule has 0 bridgehead atoms. The van der Waals surface area contributed by atoms with Crippen LogP contribution >= 0.6 is 0 Å². The quantitative estimate of drug-likeness (QED) is 0.812. The van der Waals surface area contributed by atoms with E-state index >= 15 is 0 Å². The van der Waals surface area contributed by atoms with Crippen molar-refractivity contribution in [2.75, 3.05) is 56.2 Å². The van der Waals surface area contributed by atoms with Crippen LogP contribution in [-0.2, 0) is 4.74 Å². The Bertz CT molecular complexity index is 519. The summed E-state index contributed by atoms with van der Waals surface area (Å²) in [5, 5.41) is 0. The zero-order chi connectivity index (χ0) is 14.9. The fourth-order valence-electron chi connectivity index (χ4n) is 3.85. The van der Waals surface area contributed by atoms with E-state index in [2.05, 4.69) is 37.8 Å². The first kappa shape index (κ1) is 14.2. The van der Waals surface area contributed by atoms with E-state index in [0.717, 1.165) is 51.0 Å². The van der Waals surface area contributed by atoms with E-state index in [1.54, 1.807) is 6.33 Å². The number of anilines is 2. The number of likely N-dealkylation sites (N-methyl/N-ethyl adjacent to an activating group) is 1. The van der Waals surface area contributed by atoms with Crippen LogP contribution in [-0.4, -0.2) is 73.4 Å². The maximum atomic E-state index is 5.93. The molecule has 6 nitrogen and oxygen atoms in total. The summed E-state index contributed by atoms with van der Waals surface area (Å²) < 4.78 is 5.93. The predicted molar refractivity (Wildman–Crippen MR) is 86.5 cm³/mol. The Morgan fingerprint density at radius 3 is 2.55 bits per heavy atom. The number of aromatic nitrogens is 2. The summed E-state index contributed by atoms with van der Waals surface area (Å²) in [5.74, 6) is 2.12. The highest BCUT2D eigenvalue weighted by Gasteiger charge is 2.39. The first-order chi connectivity index (χ1) is 10.8. The van der Waals surface area contributed by atoms with E-state index in [0.29, 0.717) is 12.1 Å². The van der Waals surface area contributed by atoms with Gasteiger partial charge in [-0.3, -0.25) is 4.90 Å². The molecule has 0 aromatic carbocycles. The molecule has 2 unspecified atom stereocenters. The topological polar surface area (TPSA) is 44.7 Å². The predicted octanol–water partition coefficient (Wildman–Crippen LogP) is 0.986. The minimum absolute atomic E-state index is 0.312. The second-order valence-electron chi connectivity index (χ2n) is 6.64. The van der Waals surface area contributed by atoms with Crippen molar-refractivity contribution in [3.05, 3.63) is 12.4 Å². The molecule has 0 radical (unpaired) electrons.